The second kappa shape index (κ2) is 7.68. The van der Waals surface area contributed by atoms with Gasteiger partial charge in [-0.3, -0.25) is 5.10 Å². The summed E-state index contributed by atoms with van der Waals surface area (Å²) < 4.78 is 6.16. The molecule has 0 amide bonds. The van der Waals surface area contributed by atoms with Crippen LogP contribution >= 0.6 is 0 Å². The Morgan fingerprint density at radius 1 is 0.939 bits per heavy atom. The molecule has 4 heterocycles. The minimum absolute atomic E-state index is 0.0224. The van der Waals surface area contributed by atoms with Crippen molar-refractivity contribution in [1.29, 1.82) is 0 Å². The molecule has 1 aliphatic heterocycles. The van der Waals surface area contributed by atoms with Gasteiger partial charge in [0.2, 0.25) is 5.95 Å². The molecule has 4 aromatic rings. The highest BCUT2D eigenvalue weighted by Gasteiger charge is 2.40. The molecular weight excluding hydrogens is 416 g/mol. The van der Waals surface area contributed by atoms with Gasteiger partial charge in [0.1, 0.15) is 29.2 Å². The van der Waals surface area contributed by atoms with E-state index in [-0.39, 0.29) is 5.60 Å². The van der Waals surface area contributed by atoms with E-state index in [4.69, 9.17) is 4.74 Å². The molecule has 33 heavy (non-hydrogen) atoms. The first-order valence-electron chi connectivity index (χ1n) is 11.3. The van der Waals surface area contributed by atoms with E-state index in [1.54, 1.807) is 6.33 Å². The third-order valence-corrected chi connectivity index (χ3v) is 6.40. The van der Waals surface area contributed by atoms with E-state index in [9.17, 15) is 0 Å². The standard InChI is InChI=1S/C24H26N8O/c1-16-13-25-23(26-14-16)32-9-7-31(8-10-32)21-12-20(27-15-28-21)22-18-11-17(33-24(2)5-6-24)3-4-19(18)29-30-22/h3-4,11-15H,5-10H2,1-2H3,(H,29,30). The molecule has 0 radical (unpaired) electrons. The molecule has 2 aliphatic rings. The van der Waals surface area contributed by atoms with Crippen LogP contribution in [0.4, 0.5) is 11.8 Å². The average Bonchev–Trinajstić information content (AvgIpc) is 3.42. The van der Waals surface area contributed by atoms with E-state index in [1.807, 2.05) is 37.5 Å². The Kier molecular flexibility index (Phi) is 4.63. The van der Waals surface area contributed by atoms with Crippen LogP contribution in [0.2, 0.25) is 0 Å². The lowest BCUT2D eigenvalue weighted by molar-refractivity contribution is 0.200. The number of aromatic nitrogens is 6. The second-order valence-electron chi connectivity index (χ2n) is 9.13. The van der Waals surface area contributed by atoms with Gasteiger partial charge in [0, 0.05) is 50.0 Å². The Balaban J connectivity index is 1.22. The van der Waals surface area contributed by atoms with Gasteiger partial charge in [0.25, 0.3) is 0 Å². The van der Waals surface area contributed by atoms with Crippen molar-refractivity contribution in [3.63, 3.8) is 0 Å². The van der Waals surface area contributed by atoms with E-state index < -0.39 is 0 Å². The van der Waals surface area contributed by atoms with Crippen LogP contribution in [0.5, 0.6) is 5.75 Å². The van der Waals surface area contributed by atoms with Gasteiger partial charge in [-0.1, -0.05) is 0 Å². The van der Waals surface area contributed by atoms with Gasteiger partial charge in [0.15, 0.2) is 0 Å². The molecule has 9 heteroatoms. The highest BCUT2D eigenvalue weighted by molar-refractivity contribution is 5.93. The molecular formula is C24H26N8O. The summed E-state index contributed by atoms with van der Waals surface area (Å²) >= 11 is 0. The summed E-state index contributed by atoms with van der Waals surface area (Å²) in [6, 6.07) is 8.08. The quantitative estimate of drug-likeness (QED) is 0.503. The van der Waals surface area contributed by atoms with Crippen molar-refractivity contribution in [3.8, 4) is 17.1 Å². The maximum Gasteiger partial charge on any atom is 0.225 e. The first-order valence-corrected chi connectivity index (χ1v) is 11.3. The zero-order chi connectivity index (χ0) is 22.4. The number of piperazine rings is 1. The predicted octanol–water partition coefficient (Wildman–Crippen LogP) is 3.38. The molecule has 0 spiro atoms. The van der Waals surface area contributed by atoms with E-state index in [1.165, 1.54) is 0 Å². The molecule has 1 aliphatic carbocycles. The first-order chi connectivity index (χ1) is 16.1. The van der Waals surface area contributed by atoms with Gasteiger partial charge in [-0.15, -0.1) is 0 Å². The summed E-state index contributed by atoms with van der Waals surface area (Å²) in [5.74, 6) is 2.55. The lowest BCUT2D eigenvalue weighted by Gasteiger charge is -2.35. The van der Waals surface area contributed by atoms with Crippen LogP contribution in [0.3, 0.4) is 0 Å². The fourth-order valence-corrected chi connectivity index (χ4v) is 4.15. The number of aromatic amines is 1. The summed E-state index contributed by atoms with van der Waals surface area (Å²) in [6.07, 6.45) is 7.54. The fourth-order valence-electron chi connectivity index (χ4n) is 4.15. The lowest BCUT2D eigenvalue weighted by Crippen LogP contribution is -2.47. The summed E-state index contributed by atoms with van der Waals surface area (Å²) in [4.78, 5) is 22.5. The van der Waals surface area contributed by atoms with Gasteiger partial charge in [-0.05, 0) is 50.5 Å². The summed E-state index contributed by atoms with van der Waals surface area (Å²) in [5, 5.41) is 8.67. The van der Waals surface area contributed by atoms with E-state index in [2.05, 4.69) is 52.9 Å². The van der Waals surface area contributed by atoms with Crippen LogP contribution in [0.25, 0.3) is 22.3 Å². The number of hydrogen-bond acceptors (Lipinski definition) is 8. The number of anilines is 2. The Hall–Kier alpha value is -3.75. The maximum atomic E-state index is 6.16. The molecule has 0 atom stereocenters. The number of aryl methyl sites for hydroxylation is 1. The van der Waals surface area contributed by atoms with Gasteiger partial charge in [-0.2, -0.15) is 5.10 Å². The number of H-pyrrole nitrogens is 1. The third kappa shape index (κ3) is 3.94. The fraction of sp³-hybridized carbons (Fsp3) is 0.375. The topological polar surface area (TPSA) is 96.0 Å². The molecule has 6 rings (SSSR count). The molecule has 3 aromatic heterocycles. The van der Waals surface area contributed by atoms with Crippen LogP contribution < -0.4 is 14.5 Å². The van der Waals surface area contributed by atoms with Crippen LogP contribution in [0, 0.1) is 6.92 Å². The monoisotopic (exact) mass is 442 g/mol. The van der Waals surface area contributed by atoms with Crippen LogP contribution in [0.15, 0.2) is 43.0 Å². The number of hydrogen-bond donors (Lipinski definition) is 1. The predicted molar refractivity (Wildman–Crippen MR) is 127 cm³/mol. The minimum Gasteiger partial charge on any atom is -0.488 e. The lowest BCUT2D eigenvalue weighted by atomic mass is 10.1. The zero-order valence-corrected chi connectivity index (χ0v) is 18.8. The second-order valence-corrected chi connectivity index (χ2v) is 9.13. The van der Waals surface area contributed by atoms with Crippen molar-refractivity contribution in [3.05, 3.63) is 48.5 Å². The van der Waals surface area contributed by atoms with E-state index in [0.29, 0.717) is 0 Å². The van der Waals surface area contributed by atoms with Crippen molar-refractivity contribution in [1.82, 2.24) is 30.1 Å². The highest BCUT2D eigenvalue weighted by atomic mass is 16.5. The summed E-state index contributed by atoms with van der Waals surface area (Å²) in [6.45, 7) is 7.50. The van der Waals surface area contributed by atoms with Gasteiger partial charge in [-0.25, -0.2) is 19.9 Å². The third-order valence-electron chi connectivity index (χ3n) is 6.40. The smallest absolute Gasteiger partial charge is 0.225 e. The minimum atomic E-state index is -0.0224. The maximum absolute atomic E-state index is 6.16. The normalized spacial score (nSPS) is 17.4. The molecule has 1 saturated carbocycles. The van der Waals surface area contributed by atoms with Crippen LogP contribution in [0.1, 0.15) is 25.3 Å². The molecule has 9 nitrogen and oxygen atoms in total. The molecule has 0 unspecified atom stereocenters. The van der Waals surface area contributed by atoms with Crippen molar-refractivity contribution < 1.29 is 4.74 Å². The number of ether oxygens (including phenoxy) is 1. The van der Waals surface area contributed by atoms with Crippen LogP contribution in [-0.2, 0) is 0 Å². The van der Waals surface area contributed by atoms with Gasteiger partial charge >= 0.3 is 0 Å². The number of nitrogens with one attached hydrogen (secondary N) is 1. The molecule has 1 saturated heterocycles. The van der Waals surface area contributed by atoms with Crippen molar-refractivity contribution in [2.24, 2.45) is 0 Å². The number of nitrogens with zero attached hydrogens (tertiary/aromatic N) is 7. The number of rotatable bonds is 5. The highest BCUT2D eigenvalue weighted by Crippen LogP contribution is 2.40. The van der Waals surface area contributed by atoms with Gasteiger partial charge in [0.05, 0.1) is 11.2 Å². The molecule has 1 aromatic carbocycles. The summed E-state index contributed by atoms with van der Waals surface area (Å²) in [5.41, 5.74) is 3.62. The first kappa shape index (κ1) is 19.9. The van der Waals surface area contributed by atoms with Gasteiger partial charge < -0.3 is 14.5 Å². The largest absolute Gasteiger partial charge is 0.488 e. The van der Waals surface area contributed by atoms with Crippen LogP contribution in [-0.4, -0.2) is 61.9 Å². The van der Waals surface area contributed by atoms with E-state index in [0.717, 1.165) is 84.4 Å². The SMILES string of the molecule is Cc1cnc(N2CCN(c3cc(-c4n[nH]c5ccc(OC6(C)CC6)cc45)ncn3)CC2)nc1. The average molecular weight is 443 g/mol. The summed E-state index contributed by atoms with van der Waals surface area (Å²) in [7, 11) is 0. The van der Waals surface area contributed by atoms with Crippen molar-refractivity contribution >= 4 is 22.7 Å². The van der Waals surface area contributed by atoms with E-state index >= 15 is 0 Å². The number of benzene rings is 1. The van der Waals surface area contributed by atoms with Crippen molar-refractivity contribution in [2.75, 3.05) is 36.0 Å². The molecule has 1 N–H and O–H groups in total. The Labute approximate surface area is 191 Å². The molecule has 0 bridgehead atoms. The molecule has 2 fully saturated rings. The Bertz CT molecular complexity index is 1290. The van der Waals surface area contributed by atoms with Crippen molar-refractivity contribution in [2.45, 2.75) is 32.3 Å². The zero-order valence-electron chi connectivity index (χ0n) is 18.8. The Morgan fingerprint density at radius 2 is 1.70 bits per heavy atom. The number of fused-ring (bicyclic) bond motifs is 1. The molecule has 168 valence electrons. The Morgan fingerprint density at radius 3 is 2.45 bits per heavy atom.